The second-order valence-electron chi connectivity index (χ2n) is 8.03. The number of ether oxygens (including phenoxy) is 4. The molecule has 0 N–H and O–H groups in total. The fourth-order valence-electron chi connectivity index (χ4n) is 2.98. The molecule has 200 valence electrons. The SMILES string of the molecule is C=C(C)CCC(C(=O)OCC)C(=O)OCC.C=CCC(CCC(=C)C)(C(=O)OCC)C(=O)OCC. The zero-order chi connectivity index (χ0) is 27.4. The number of hydrogen-bond donors (Lipinski definition) is 0. The number of hydrogen-bond acceptors (Lipinski definition) is 8. The van der Waals surface area contributed by atoms with Crippen molar-refractivity contribution in [2.75, 3.05) is 26.4 Å². The van der Waals surface area contributed by atoms with Crippen LogP contribution in [0.1, 0.15) is 73.6 Å². The smallest absolute Gasteiger partial charge is 0.323 e. The van der Waals surface area contributed by atoms with Crippen LogP contribution in [0.15, 0.2) is 37.0 Å². The van der Waals surface area contributed by atoms with Crippen molar-refractivity contribution in [3.63, 3.8) is 0 Å². The molecule has 0 saturated heterocycles. The van der Waals surface area contributed by atoms with Gasteiger partial charge >= 0.3 is 23.9 Å². The van der Waals surface area contributed by atoms with Crippen LogP contribution >= 0.6 is 0 Å². The maximum atomic E-state index is 12.2. The van der Waals surface area contributed by atoms with Gasteiger partial charge in [0, 0.05) is 0 Å². The van der Waals surface area contributed by atoms with Gasteiger partial charge in [0.15, 0.2) is 11.3 Å². The summed E-state index contributed by atoms with van der Waals surface area (Å²) in [6, 6.07) is 0. The molecular weight excluding hydrogens is 452 g/mol. The van der Waals surface area contributed by atoms with Crippen molar-refractivity contribution >= 4 is 23.9 Å². The Kier molecular flexibility index (Phi) is 19.0. The fraction of sp³-hybridized carbons (Fsp3) is 0.630. The Labute approximate surface area is 210 Å². The molecule has 0 fully saturated rings. The second-order valence-corrected chi connectivity index (χ2v) is 8.03. The zero-order valence-electron chi connectivity index (χ0n) is 22.4. The minimum absolute atomic E-state index is 0.206. The van der Waals surface area contributed by atoms with Crippen LogP contribution in [0.2, 0.25) is 0 Å². The first-order chi connectivity index (χ1) is 16.5. The lowest BCUT2D eigenvalue weighted by molar-refractivity contribution is -0.172. The average molecular weight is 497 g/mol. The number of carbonyl (C=O) groups excluding carboxylic acids is 4. The molecule has 0 radical (unpaired) electrons. The summed E-state index contributed by atoms with van der Waals surface area (Å²) >= 11 is 0. The molecule has 0 aliphatic heterocycles. The highest BCUT2D eigenvalue weighted by molar-refractivity contribution is 6.00. The molecule has 0 heterocycles. The minimum atomic E-state index is -1.30. The third kappa shape index (κ3) is 13.5. The van der Waals surface area contributed by atoms with Crippen molar-refractivity contribution in [1.29, 1.82) is 0 Å². The highest BCUT2D eigenvalue weighted by Gasteiger charge is 2.47. The van der Waals surface area contributed by atoms with Gasteiger partial charge in [0.25, 0.3) is 0 Å². The standard InChI is InChI=1S/C15H24O4.C12H20O4/c1-6-10-15(11-9-12(4)5,13(16)18-7-2)14(17)19-8-3;1-5-15-11(13)10(8-7-9(3)4)12(14)16-6-2/h6H,1,4,7-11H2,2-3,5H3;10H,3,5-8H2,1-2,4H3. The van der Waals surface area contributed by atoms with Gasteiger partial charge in [-0.05, 0) is 73.6 Å². The van der Waals surface area contributed by atoms with Gasteiger partial charge in [-0.3, -0.25) is 19.2 Å². The molecule has 0 spiro atoms. The highest BCUT2D eigenvalue weighted by atomic mass is 16.6. The molecular formula is C27H44O8. The van der Waals surface area contributed by atoms with Gasteiger partial charge in [-0.1, -0.05) is 17.2 Å². The van der Waals surface area contributed by atoms with E-state index < -0.39 is 35.2 Å². The quantitative estimate of drug-likeness (QED) is 0.126. The predicted molar refractivity (Wildman–Crippen MR) is 135 cm³/mol. The topological polar surface area (TPSA) is 105 Å². The Bertz CT molecular complexity index is 687. The van der Waals surface area contributed by atoms with Crippen molar-refractivity contribution < 1.29 is 38.1 Å². The van der Waals surface area contributed by atoms with Gasteiger partial charge in [0.1, 0.15) is 0 Å². The Balaban J connectivity index is 0. The van der Waals surface area contributed by atoms with Crippen molar-refractivity contribution in [1.82, 2.24) is 0 Å². The van der Waals surface area contributed by atoms with E-state index in [1.165, 1.54) is 0 Å². The van der Waals surface area contributed by atoms with Gasteiger partial charge in [-0.25, -0.2) is 0 Å². The Hall–Kier alpha value is -2.90. The van der Waals surface area contributed by atoms with E-state index in [0.29, 0.717) is 25.7 Å². The summed E-state index contributed by atoms with van der Waals surface area (Å²) in [5, 5.41) is 0. The molecule has 0 aliphatic rings. The molecule has 0 aromatic rings. The number of carbonyl (C=O) groups is 4. The third-order valence-corrected chi connectivity index (χ3v) is 4.81. The Morgan fingerprint density at radius 2 is 1.14 bits per heavy atom. The van der Waals surface area contributed by atoms with E-state index in [0.717, 1.165) is 11.1 Å². The van der Waals surface area contributed by atoms with Crippen LogP contribution in [0.25, 0.3) is 0 Å². The number of allylic oxidation sites excluding steroid dienone is 3. The molecule has 0 aromatic heterocycles. The molecule has 0 aliphatic carbocycles. The summed E-state index contributed by atoms with van der Waals surface area (Å²) in [6.07, 6.45) is 3.65. The number of esters is 4. The Morgan fingerprint density at radius 1 is 0.743 bits per heavy atom. The maximum Gasteiger partial charge on any atom is 0.323 e. The van der Waals surface area contributed by atoms with Gasteiger partial charge in [-0.15, -0.1) is 19.7 Å². The van der Waals surface area contributed by atoms with E-state index in [1.807, 2.05) is 13.8 Å². The maximum absolute atomic E-state index is 12.2. The van der Waals surface area contributed by atoms with Gasteiger partial charge in [-0.2, -0.15) is 0 Å². The predicted octanol–water partition coefficient (Wildman–Crippen LogP) is 5.12. The van der Waals surface area contributed by atoms with E-state index in [4.69, 9.17) is 18.9 Å². The van der Waals surface area contributed by atoms with Crippen molar-refractivity contribution in [3.8, 4) is 0 Å². The minimum Gasteiger partial charge on any atom is -0.465 e. The van der Waals surface area contributed by atoms with E-state index >= 15 is 0 Å². The molecule has 35 heavy (non-hydrogen) atoms. The lowest BCUT2D eigenvalue weighted by Crippen LogP contribution is -2.42. The first-order valence-electron chi connectivity index (χ1n) is 12.0. The van der Waals surface area contributed by atoms with Crippen LogP contribution in [0, 0.1) is 11.3 Å². The van der Waals surface area contributed by atoms with Gasteiger partial charge in [0.2, 0.25) is 0 Å². The van der Waals surface area contributed by atoms with Gasteiger partial charge in [0.05, 0.1) is 26.4 Å². The van der Waals surface area contributed by atoms with Crippen molar-refractivity contribution in [2.45, 2.75) is 73.6 Å². The van der Waals surface area contributed by atoms with Crippen LogP contribution in [-0.2, 0) is 38.1 Å². The lowest BCUT2D eigenvalue weighted by atomic mass is 9.79. The van der Waals surface area contributed by atoms with E-state index in [-0.39, 0.29) is 32.8 Å². The van der Waals surface area contributed by atoms with E-state index in [9.17, 15) is 19.2 Å². The summed E-state index contributed by atoms with van der Waals surface area (Å²) < 4.78 is 19.8. The summed E-state index contributed by atoms with van der Waals surface area (Å²) in [4.78, 5) is 47.4. The van der Waals surface area contributed by atoms with Crippen molar-refractivity contribution in [2.24, 2.45) is 11.3 Å². The van der Waals surface area contributed by atoms with Crippen LogP contribution in [0.5, 0.6) is 0 Å². The molecule has 0 saturated carbocycles. The van der Waals surface area contributed by atoms with Crippen molar-refractivity contribution in [3.05, 3.63) is 37.0 Å². The highest BCUT2D eigenvalue weighted by Crippen LogP contribution is 2.33. The van der Waals surface area contributed by atoms with E-state index in [2.05, 4.69) is 19.7 Å². The van der Waals surface area contributed by atoms with E-state index in [1.54, 1.807) is 33.8 Å². The fourth-order valence-corrected chi connectivity index (χ4v) is 2.98. The van der Waals surface area contributed by atoms with Gasteiger partial charge < -0.3 is 18.9 Å². The largest absolute Gasteiger partial charge is 0.465 e. The molecule has 0 rings (SSSR count). The van der Waals surface area contributed by atoms with Crippen LogP contribution < -0.4 is 0 Å². The summed E-state index contributed by atoms with van der Waals surface area (Å²) in [5.41, 5.74) is 0.535. The first kappa shape index (κ1) is 34.3. The van der Waals surface area contributed by atoms with Crippen LogP contribution in [-0.4, -0.2) is 50.3 Å². The lowest BCUT2D eigenvalue weighted by Gasteiger charge is -2.28. The normalized spacial score (nSPS) is 10.4. The molecule has 0 aromatic carbocycles. The molecule has 0 bridgehead atoms. The third-order valence-electron chi connectivity index (χ3n) is 4.81. The van der Waals surface area contributed by atoms with Crippen LogP contribution in [0.4, 0.5) is 0 Å². The molecule has 8 nitrogen and oxygen atoms in total. The summed E-state index contributed by atoms with van der Waals surface area (Å²) in [5.74, 6) is -2.94. The molecule has 0 atom stereocenters. The molecule has 8 heteroatoms. The number of rotatable bonds is 16. The first-order valence-corrected chi connectivity index (χ1v) is 12.0. The monoisotopic (exact) mass is 496 g/mol. The summed E-state index contributed by atoms with van der Waals surface area (Å²) in [6.45, 7) is 22.7. The average Bonchev–Trinajstić information content (AvgIpc) is 2.77. The molecule has 0 unspecified atom stereocenters. The zero-order valence-corrected chi connectivity index (χ0v) is 22.4. The van der Waals surface area contributed by atoms with Crippen LogP contribution in [0.3, 0.4) is 0 Å². The Morgan fingerprint density at radius 3 is 1.46 bits per heavy atom. The summed E-state index contributed by atoms with van der Waals surface area (Å²) in [7, 11) is 0. The second kappa shape index (κ2) is 19.4. The molecule has 0 amide bonds.